The Bertz CT molecular complexity index is 4100. The van der Waals surface area contributed by atoms with E-state index < -0.39 is 83.2 Å². The molecule has 10 aromatic carbocycles. The molecule has 0 fully saturated rings. The molecule has 0 aliphatic heterocycles. The van der Waals surface area contributed by atoms with Crippen LogP contribution in [0.1, 0.15) is 227 Å². The number of carbonyl (C=O) groups is 5. The second-order valence-electron chi connectivity index (χ2n) is 22.0. The normalized spacial score (nSPS) is 11.7. The molecular weight excluding hydrogens is 1500 g/mol. The molecule has 18 nitrogen and oxygen atoms in total. The molecule has 0 bridgehead atoms. The van der Waals surface area contributed by atoms with Crippen LogP contribution in [-0.2, 0) is 75.1 Å². The summed E-state index contributed by atoms with van der Waals surface area (Å²) in [6.45, 7) is 0. The predicted octanol–water partition coefficient (Wildman–Crippen LogP) is 39.4. The van der Waals surface area contributed by atoms with Gasteiger partial charge in [-0.2, -0.15) is 0 Å². The van der Waals surface area contributed by atoms with Gasteiger partial charge in [-0.1, -0.05) is 303 Å². The van der Waals surface area contributed by atoms with Crippen LogP contribution in [0.25, 0.3) is 0 Å². The topological polar surface area (TPSA) is 319 Å². The van der Waals surface area contributed by atoms with Gasteiger partial charge >= 0.3 is 23.9 Å². The van der Waals surface area contributed by atoms with Crippen molar-refractivity contribution in [2.24, 2.45) is 5.73 Å². The highest BCUT2D eigenvalue weighted by Gasteiger charge is 2.26. The summed E-state index contributed by atoms with van der Waals surface area (Å²) in [5, 5.41) is 41.9. The molecule has 3 unspecified atom stereocenters. The lowest BCUT2D eigenvalue weighted by Crippen LogP contribution is -2.29. The van der Waals surface area contributed by atoms with E-state index in [0.717, 1.165) is 68.1 Å². The number of alkyl halides is 1. The van der Waals surface area contributed by atoms with E-state index in [9.17, 15) is 45.9 Å². The molecule has 0 aliphatic carbocycles. The number of aliphatic hydroxyl groups is 1. The van der Waals surface area contributed by atoms with Crippen molar-refractivity contribution in [3.63, 3.8) is 0 Å². The number of primary amides is 1. The molecule has 748 valence electrons. The molecule has 0 aliphatic rings. The van der Waals surface area contributed by atoms with Gasteiger partial charge in [-0.25, -0.2) is 9.47 Å². The van der Waals surface area contributed by atoms with Crippen LogP contribution in [0.3, 0.4) is 0 Å². The van der Waals surface area contributed by atoms with Gasteiger partial charge in [0.1, 0.15) is 38.9 Å². The van der Waals surface area contributed by atoms with Gasteiger partial charge in [0.2, 0.25) is 5.91 Å². The number of amides is 1. The lowest BCUT2D eigenvalue weighted by molar-refractivity contribution is -0.141. The maximum Gasteiger partial charge on any atom is 0.318 e. The molecule has 10 rings (SSSR count). The first-order valence-corrected chi connectivity index (χ1v) is 39.4. The van der Waals surface area contributed by atoms with Crippen molar-refractivity contribution in [3.8, 4) is 0 Å². The molecule has 25 heteroatoms. The number of halogens is 2. The summed E-state index contributed by atoms with van der Waals surface area (Å²) in [6, 6.07) is 96.2. The zero-order chi connectivity index (χ0) is 74.7. The summed E-state index contributed by atoms with van der Waals surface area (Å²) in [5.41, 5.74) is 14.7. The second-order valence-corrected chi connectivity index (χ2v) is 31.4. The zero-order valence-corrected chi connectivity index (χ0v) is 62.9. The molecular formula is C78H285BrClNO17S5. The van der Waals surface area contributed by atoms with Crippen molar-refractivity contribution in [1.29, 1.82) is 0 Å². The van der Waals surface area contributed by atoms with Crippen molar-refractivity contribution in [3.05, 3.63) is 359 Å². The van der Waals surface area contributed by atoms with E-state index in [1.54, 1.807) is 0 Å². The summed E-state index contributed by atoms with van der Waals surface area (Å²) in [7, 11) is -6.97. The van der Waals surface area contributed by atoms with Gasteiger partial charge in [0.05, 0.1) is 33.9 Å². The van der Waals surface area contributed by atoms with E-state index in [2.05, 4.69) is 9.07 Å². The molecule has 0 heterocycles. The van der Waals surface area contributed by atoms with Crippen LogP contribution < -0.4 is 5.73 Å². The Morgan fingerprint density at radius 3 is 0.835 bits per heavy atom. The maximum absolute atomic E-state index is 12.5. The average molecular weight is 1790 g/mol. The quantitative estimate of drug-likeness (QED) is 0.0128. The van der Waals surface area contributed by atoms with E-state index in [1.807, 2.05) is 303 Å². The standard InChI is InChI=1S/C16H16O3S.C15H15NO2S.C15H14O3S.C15H14O2S.C13H12O.C2H3ClO2.C2H8O4S.BrH.101H2/c1-19-15(17)12-20(18)16(13-8-4-2-5-9-13)14-10-6-3-7-11-14;2*16-14(17)11-19(18)15(12-7-3-1-4-8-12)13-9-5-2-6-10-13;16-14(17)11-18-15(12-7-3-1-4-8-12)13-9-5-2-6-10-13;14-13(11-7-3-1-4-8-11)12-9-5-2-6-10-12;3-1-2(4)5;1-7(2,4,5)6-3;;;;;;;;;;;;;;;;;;;;;;;;;;;;;;;;;;;;;;;;;;;;;;;;;;;;;;;;;;;;;;;;;;;;;;;;;;;;;;;;;;;;;;;;;;;;;;;;;;;;;;/h2-11,16H,12H2,1H3;1-10,15H,11H2,(H2,16,17);1-10,15H,11H2,(H,16,17);1-10,15H,11H2,(H,16,17);1-10,13-14H;1H2,(H,4,5);3H,1-2H3,(H,4,5);102*1H. The number of nitrogens with two attached hydrogens (primary N) is 1. The van der Waals surface area contributed by atoms with Gasteiger partial charge in [-0.15, -0.1) is 44.7 Å². The number of hydrogen-bond donors (Lipinski definition) is 7. The van der Waals surface area contributed by atoms with E-state index in [0.29, 0.717) is 0 Å². The number of carbonyl (C=O) groups excluding carboxylic acids is 2. The molecule has 103 heavy (non-hydrogen) atoms. The molecule has 0 saturated heterocycles. The Morgan fingerprint density at radius 2 is 0.641 bits per heavy atom. The highest BCUT2D eigenvalue weighted by molar-refractivity contribution is 8.93. The Balaban J connectivity index is -0.00000000608. The minimum atomic E-state index is -4.06. The summed E-state index contributed by atoms with van der Waals surface area (Å²) in [5.74, 6) is -4.60. The molecule has 0 saturated carbocycles. The van der Waals surface area contributed by atoms with Crippen molar-refractivity contribution >= 4 is 112 Å². The average Bonchev–Trinajstić information content (AvgIpc) is 0.829. The minimum Gasteiger partial charge on any atom is -0.481 e. The largest absolute Gasteiger partial charge is 0.481 e. The first-order chi connectivity index (χ1) is 48.8. The minimum absolute atomic E-state index is 0. The van der Waals surface area contributed by atoms with Gasteiger partial charge in [0.25, 0.3) is 0 Å². The number of ether oxygens (including phenoxy) is 1. The molecule has 8 N–H and O–H groups in total. The summed E-state index contributed by atoms with van der Waals surface area (Å²) in [4.78, 5) is 53.1. The van der Waals surface area contributed by atoms with E-state index in [4.69, 9.17) is 42.5 Å². The van der Waals surface area contributed by atoms with Gasteiger partial charge in [-0.05, 0) is 55.6 Å². The third-order valence-corrected chi connectivity index (χ3v) is 20.4. The number of aliphatic hydroxyl groups excluding tert-OH is 1. The predicted molar refractivity (Wildman–Crippen MR) is 632 cm³/mol. The van der Waals surface area contributed by atoms with Gasteiger partial charge in [0.15, 0.2) is 0 Å². The van der Waals surface area contributed by atoms with Crippen molar-refractivity contribution in [1.82, 2.24) is 0 Å². The first kappa shape index (κ1) is 88.3. The van der Waals surface area contributed by atoms with Crippen LogP contribution in [-0.4, -0.2) is 125 Å². The fourth-order valence-corrected chi connectivity index (χ4v) is 14.3. The second kappa shape index (κ2) is 48.1. The number of methoxy groups -OCH3 is 1. The van der Waals surface area contributed by atoms with Gasteiger partial charge in [0, 0.05) is 189 Å². The van der Waals surface area contributed by atoms with Crippen LogP contribution in [0.4, 0.5) is 0 Å². The van der Waals surface area contributed by atoms with Crippen LogP contribution >= 0.6 is 40.3 Å². The Hall–Kier alpha value is -8.89. The third-order valence-electron chi connectivity index (χ3n) is 13.6. The summed E-state index contributed by atoms with van der Waals surface area (Å²) >= 11 is 6.17. The van der Waals surface area contributed by atoms with Crippen LogP contribution in [0, 0.1) is 0 Å². The number of hydrogen-bond acceptors (Lipinski definition) is 14. The molecule has 3 atom stereocenters. The highest BCUT2D eigenvalue weighted by Crippen LogP contribution is 2.36. The fourth-order valence-electron chi connectivity index (χ4n) is 9.20. The lowest BCUT2D eigenvalue weighted by Gasteiger charge is -2.20. The molecule has 0 spiro atoms. The number of aliphatic carboxylic acids is 3. The van der Waals surface area contributed by atoms with Crippen LogP contribution in [0.5, 0.6) is 0 Å². The summed E-state index contributed by atoms with van der Waals surface area (Å²) in [6.07, 6.45) is 1.28. The monoisotopic (exact) mass is 1780 g/mol. The number of esters is 1. The third kappa shape index (κ3) is 35.2. The number of rotatable bonds is 24. The molecule has 1 amide bonds. The maximum atomic E-state index is 12.5. The van der Waals surface area contributed by atoms with E-state index in [-0.39, 0.29) is 206 Å². The van der Waals surface area contributed by atoms with E-state index in [1.165, 1.54) is 18.9 Å². The summed E-state index contributed by atoms with van der Waals surface area (Å²) < 4.78 is 63.6. The Kier molecular flexibility index (Phi) is 41.3. The molecule has 10 aromatic rings. The SMILES string of the molecule is Br.COC(=O)CS(=O)C(c1ccccc1)c1ccccc1.CS(C)(=O)(O)OO.NC(=O)CS(=O)C(c1ccccc1)c1ccccc1.O=C(O)CCl.O=C(O)CS(=O)C(c1ccccc1)c1ccccc1.O=C(O)CSC(c1ccccc1)c1ccccc1.OC(c1ccccc1)c1ccccc1.[HH].[HH].[HH].[HH].[HH].[HH].[HH].[HH].[HH].[HH].[HH].[HH].[HH].[HH].[HH].[HH].[HH].[HH].[HH].[HH].[HH].[HH].[HH].[HH].[HH].[HH].[HH].[HH].[HH].[HH].[HH].[HH].[HH].[HH].[HH].[HH].[HH].[HH].[HH].[HH].[HH].[HH].[HH].[HH].[HH].[HH].[HH].[HH].[HH].[HH].[HH].[HH].[HH].[HH].[HH].[HH].[HH].[HH].[HH].[HH].[HH].[HH].[HH].[HH].[HH].[HH].[HH].[HH].[HH].[HH].[HH].[HH].[HH].[HH].[HH].[HH].[HH].[HH].[HH].[HH].[HH].[HH].[HH].[HH].[HH].[HH].[HH].[HH].[HH].[HH].[HH].[HH].[HH].[HH].[HH].[HH].[HH].[HH].[HH].[HH].[HH]. The molecule has 0 aromatic heterocycles. The van der Waals surface area contributed by atoms with Gasteiger partial charge < -0.3 is 35.4 Å². The number of carboxylic acids is 3. The smallest absolute Gasteiger partial charge is 0.318 e. The van der Waals surface area contributed by atoms with Crippen molar-refractivity contribution in [2.75, 3.05) is 48.5 Å². The zero-order valence-electron chi connectivity index (χ0n) is 56.4. The number of thioether (sulfide) groups is 1. The first-order valence-electron chi connectivity index (χ1n) is 31.0. The van der Waals surface area contributed by atoms with Crippen LogP contribution in [0.2, 0.25) is 0 Å². The van der Waals surface area contributed by atoms with Crippen molar-refractivity contribution < 1.29 is 224 Å². The highest BCUT2D eigenvalue weighted by atomic mass is 79.9. The number of carboxylic acid groups (broad SMARTS) is 3. The Labute approximate surface area is 777 Å². The Morgan fingerprint density at radius 1 is 0.427 bits per heavy atom. The van der Waals surface area contributed by atoms with Crippen LogP contribution in [0.15, 0.2) is 303 Å². The van der Waals surface area contributed by atoms with E-state index >= 15 is 0 Å². The van der Waals surface area contributed by atoms with Crippen molar-refractivity contribution in [2.45, 2.75) is 27.1 Å². The lowest BCUT2D eigenvalue weighted by atomic mass is 10.0. The van der Waals surface area contributed by atoms with Gasteiger partial charge in [-0.3, -0.25) is 36.6 Å². The fraction of sp³-hybridized carbons (Fsp3) is 0.167. The number of benzene rings is 10. The molecule has 0 radical (unpaired) electrons.